The summed E-state index contributed by atoms with van der Waals surface area (Å²) in [4.78, 5) is 0. The highest BCUT2D eigenvalue weighted by atomic mass is 19.1. The van der Waals surface area contributed by atoms with E-state index in [2.05, 4.69) is 10.2 Å². The van der Waals surface area contributed by atoms with Crippen LogP contribution in [0.4, 0.5) is 4.39 Å². The Labute approximate surface area is 140 Å². The summed E-state index contributed by atoms with van der Waals surface area (Å²) in [5.41, 5.74) is 6.45. The third-order valence-corrected chi connectivity index (χ3v) is 4.75. The fourth-order valence-electron chi connectivity index (χ4n) is 3.65. The van der Waals surface area contributed by atoms with Gasteiger partial charge < -0.3 is 5.41 Å². The van der Waals surface area contributed by atoms with E-state index >= 15 is 0 Å². The highest BCUT2D eigenvalue weighted by Crippen LogP contribution is 2.38. The van der Waals surface area contributed by atoms with E-state index in [1.54, 1.807) is 6.07 Å². The molecule has 1 aliphatic carbocycles. The van der Waals surface area contributed by atoms with Crippen molar-refractivity contribution in [3.63, 3.8) is 0 Å². The van der Waals surface area contributed by atoms with Crippen LogP contribution in [0.1, 0.15) is 34.9 Å². The van der Waals surface area contributed by atoms with Crippen molar-refractivity contribution in [1.29, 1.82) is 5.41 Å². The molecule has 3 aromatic rings. The quantitative estimate of drug-likeness (QED) is 0.711. The molecule has 0 saturated carbocycles. The third kappa shape index (κ3) is 2.44. The maximum Gasteiger partial charge on any atom is 0.123 e. The van der Waals surface area contributed by atoms with Gasteiger partial charge in [0, 0.05) is 17.0 Å². The van der Waals surface area contributed by atoms with Gasteiger partial charge in [-0.25, -0.2) is 4.39 Å². The Morgan fingerprint density at radius 2 is 1.92 bits per heavy atom. The molecule has 0 bridgehead atoms. The van der Waals surface area contributed by atoms with E-state index in [4.69, 9.17) is 5.41 Å². The van der Waals surface area contributed by atoms with E-state index in [0.717, 1.165) is 40.1 Å². The minimum absolute atomic E-state index is 0.142. The summed E-state index contributed by atoms with van der Waals surface area (Å²) in [6.07, 6.45) is 1.42. The van der Waals surface area contributed by atoms with Crippen LogP contribution in [0.5, 0.6) is 0 Å². The minimum Gasteiger partial charge on any atom is -0.305 e. The molecule has 0 fully saturated rings. The number of nitrogens with zero attached hydrogens (tertiary/aromatic N) is 1. The number of rotatable bonds is 2. The van der Waals surface area contributed by atoms with Gasteiger partial charge in [0.2, 0.25) is 0 Å². The summed E-state index contributed by atoms with van der Waals surface area (Å²) in [5.74, 6) is -0.0942. The molecule has 0 aliphatic heterocycles. The topological polar surface area (TPSA) is 52.5 Å². The van der Waals surface area contributed by atoms with Gasteiger partial charge in [0.1, 0.15) is 5.82 Å². The number of aromatic nitrogens is 2. The van der Waals surface area contributed by atoms with Crippen LogP contribution in [-0.2, 0) is 6.42 Å². The highest BCUT2D eigenvalue weighted by molar-refractivity contribution is 6.01. The maximum atomic E-state index is 13.9. The first kappa shape index (κ1) is 14.8. The second kappa shape index (κ2) is 5.71. The standard InChI is InChI=1S/C20H18FN3/c1-12-20-18(22)9-14(10-19(20)24-23-12)16-8-7-15(21)11-17(16)13-5-3-2-4-6-13/h2-8,11,14,22H,9-10H2,1H3,(H,23,24). The zero-order valence-corrected chi connectivity index (χ0v) is 13.4. The molecule has 1 aliphatic rings. The summed E-state index contributed by atoms with van der Waals surface area (Å²) >= 11 is 0. The lowest BCUT2D eigenvalue weighted by Gasteiger charge is -2.25. The molecule has 1 heterocycles. The second-order valence-electron chi connectivity index (χ2n) is 6.35. The number of aromatic amines is 1. The Morgan fingerprint density at radius 1 is 1.12 bits per heavy atom. The van der Waals surface area contributed by atoms with Gasteiger partial charge in [-0.3, -0.25) is 5.10 Å². The lowest BCUT2D eigenvalue weighted by Crippen LogP contribution is -2.19. The summed E-state index contributed by atoms with van der Waals surface area (Å²) in [7, 11) is 0. The molecular formula is C20H18FN3. The second-order valence-corrected chi connectivity index (χ2v) is 6.35. The Kier molecular flexibility index (Phi) is 3.53. The zero-order valence-electron chi connectivity index (χ0n) is 13.4. The Balaban J connectivity index is 1.80. The molecule has 3 nitrogen and oxygen atoms in total. The molecule has 0 radical (unpaired) electrons. The first-order valence-electron chi connectivity index (χ1n) is 8.10. The highest BCUT2D eigenvalue weighted by Gasteiger charge is 2.29. The van der Waals surface area contributed by atoms with E-state index < -0.39 is 0 Å². The molecule has 0 spiro atoms. The first-order valence-corrected chi connectivity index (χ1v) is 8.10. The summed E-state index contributed by atoms with van der Waals surface area (Å²) in [6, 6.07) is 14.8. The van der Waals surface area contributed by atoms with Crippen molar-refractivity contribution in [2.45, 2.75) is 25.7 Å². The maximum absolute atomic E-state index is 13.9. The number of H-pyrrole nitrogens is 1. The first-order chi connectivity index (χ1) is 11.6. The number of halogens is 1. The molecule has 0 amide bonds. The van der Waals surface area contributed by atoms with Gasteiger partial charge in [0.25, 0.3) is 0 Å². The number of hydrogen-bond acceptors (Lipinski definition) is 2. The monoisotopic (exact) mass is 319 g/mol. The number of aryl methyl sites for hydroxylation is 1. The van der Waals surface area contributed by atoms with E-state index in [1.807, 2.05) is 43.3 Å². The van der Waals surface area contributed by atoms with Crippen LogP contribution in [0.3, 0.4) is 0 Å². The van der Waals surface area contributed by atoms with E-state index in [-0.39, 0.29) is 11.7 Å². The van der Waals surface area contributed by atoms with Crippen molar-refractivity contribution in [2.75, 3.05) is 0 Å². The Bertz CT molecular complexity index is 912. The largest absolute Gasteiger partial charge is 0.305 e. The summed E-state index contributed by atoms with van der Waals surface area (Å²) in [5, 5.41) is 15.7. The predicted octanol–water partition coefficient (Wildman–Crippen LogP) is 4.62. The smallest absolute Gasteiger partial charge is 0.123 e. The van der Waals surface area contributed by atoms with Gasteiger partial charge >= 0.3 is 0 Å². The molecule has 120 valence electrons. The van der Waals surface area contributed by atoms with E-state index in [9.17, 15) is 4.39 Å². The predicted molar refractivity (Wildman–Crippen MR) is 93.1 cm³/mol. The van der Waals surface area contributed by atoms with Crippen molar-refractivity contribution >= 4 is 5.71 Å². The normalized spacial score (nSPS) is 16.9. The van der Waals surface area contributed by atoms with Gasteiger partial charge in [-0.05, 0) is 54.5 Å². The van der Waals surface area contributed by atoms with Crippen molar-refractivity contribution in [3.8, 4) is 11.1 Å². The molecule has 4 rings (SSSR count). The van der Waals surface area contributed by atoms with Crippen molar-refractivity contribution in [2.24, 2.45) is 0 Å². The lowest BCUT2D eigenvalue weighted by molar-refractivity contribution is 0.623. The van der Waals surface area contributed by atoms with Gasteiger partial charge in [0.05, 0.1) is 5.69 Å². The molecule has 0 saturated heterocycles. The Hall–Kier alpha value is -2.75. The van der Waals surface area contributed by atoms with Crippen molar-refractivity contribution in [1.82, 2.24) is 10.2 Å². The molecule has 4 heteroatoms. The van der Waals surface area contributed by atoms with E-state index in [0.29, 0.717) is 12.1 Å². The number of nitrogens with one attached hydrogen (secondary N) is 2. The Morgan fingerprint density at radius 3 is 2.71 bits per heavy atom. The number of fused-ring (bicyclic) bond motifs is 1. The van der Waals surface area contributed by atoms with Crippen LogP contribution in [0, 0.1) is 18.2 Å². The summed E-state index contributed by atoms with van der Waals surface area (Å²) in [6.45, 7) is 1.95. The molecule has 1 aromatic heterocycles. The average Bonchev–Trinajstić information content (AvgIpc) is 2.97. The van der Waals surface area contributed by atoms with E-state index in [1.165, 1.54) is 6.07 Å². The molecule has 1 unspecified atom stereocenters. The van der Waals surface area contributed by atoms with Gasteiger partial charge in [0.15, 0.2) is 0 Å². The zero-order chi connectivity index (χ0) is 16.7. The van der Waals surface area contributed by atoms with Crippen LogP contribution in [-0.4, -0.2) is 15.9 Å². The molecule has 1 atom stereocenters. The van der Waals surface area contributed by atoms with Crippen LogP contribution >= 0.6 is 0 Å². The van der Waals surface area contributed by atoms with Crippen LogP contribution in [0.2, 0.25) is 0 Å². The minimum atomic E-state index is -0.236. The van der Waals surface area contributed by atoms with Crippen LogP contribution in [0.15, 0.2) is 48.5 Å². The van der Waals surface area contributed by atoms with Gasteiger partial charge in [-0.1, -0.05) is 36.4 Å². The molecule has 24 heavy (non-hydrogen) atoms. The number of hydrogen-bond donors (Lipinski definition) is 2. The molecular weight excluding hydrogens is 301 g/mol. The lowest BCUT2D eigenvalue weighted by atomic mass is 9.79. The average molecular weight is 319 g/mol. The van der Waals surface area contributed by atoms with Gasteiger partial charge in [-0.15, -0.1) is 0 Å². The number of benzene rings is 2. The summed E-state index contributed by atoms with van der Waals surface area (Å²) < 4.78 is 13.9. The SMILES string of the molecule is Cc1[nH]nc2c1C(=N)CC(c1ccc(F)cc1-c1ccccc1)C2. The molecule has 2 N–H and O–H groups in total. The fraction of sp³-hybridized carbons (Fsp3) is 0.200. The third-order valence-electron chi connectivity index (χ3n) is 4.75. The van der Waals surface area contributed by atoms with Gasteiger partial charge in [-0.2, -0.15) is 5.10 Å². The fourth-order valence-corrected chi connectivity index (χ4v) is 3.65. The van der Waals surface area contributed by atoms with Crippen LogP contribution < -0.4 is 0 Å². The molecule has 2 aromatic carbocycles. The van der Waals surface area contributed by atoms with Crippen molar-refractivity contribution in [3.05, 3.63) is 76.9 Å². The van der Waals surface area contributed by atoms with Crippen molar-refractivity contribution < 1.29 is 4.39 Å². The van der Waals surface area contributed by atoms with Crippen LogP contribution in [0.25, 0.3) is 11.1 Å².